The van der Waals surface area contributed by atoms with E-state index in [2.05, 4.69) is 4.98 Å². The van der Waals surface area contributed by atoms with Gasteiger partial charge in [0.05, 0.1) is 21.8 Å². The van der Waals surface area contributed by atoms with Crippen LogP contribution in [0.3, 0.4) is 0 Å². The number of para-hydroxylation sites is 1. The molecule has 7 nitrogen and oxygen atoms in total. The molecule has 3 rings (SSSR count). The fourth-order valence-corrected chi connectivity index (χ4v) is 4.31. The average molecular weight is 489 g/mol. The fourth-order valence-electron chi connectivity index (χ4n) is 3.03. The maximum atomic E-state index is 11.9. The van der Waals surface area contributed by atoms with E-state index in [1.165, 1.54) is 16.2 Å². The van der Waals surface area contributed by atoms with E-state index >= 15 is 0 Å². The Morgan fingerprint density at radius 2 is 1.94 bits per heavy atom. The number of carboxylic acid groups (broad SMARTS) is 1. The maximum Gasteiger partial charge on any atom is 0.303 e. The summed E-state index contributed by atoms with van der Waals surface area (Å²) in [6, 6.07) is 11.2. The Labute approximate surface area is 201 Å². The number of halogens is 1. The normalized spacial score (nSPS) is 11.5. The van der Waals surface area contributed by atoms with Crippen molar-refractivity contribution in [2.45, 2.75) is 19.8 Å². The molecule has 1 N–H and O–H groups in total. The number of benzene rings is 2. The van der Waals surface area contributed by atoms with Crippen molar-refractivity contribution in [3.8, 4) is 11.5 Å². The van der Waals surface area contributed by atoms with Crippen LogP contribution in [0.5, 0.6) is 11.5 Å². The van der Waals surface area contributed by atoms with Crippen LogP contribution in [0.4, 0.5) is 0 Å². The Hall–Kier alpha value is -3.10. The summed E-state index contributed by atoms with van der Waals surface area (Å²) in [5.74, 6) is -0.392. The first-order chi connectivity index (χ1) is 15.8. The van der Waals surface area contributed by atoms with Gasteiger partial charge in [-0.15, -0.1) is 11.3 Å². The molecule has 0 radical (unpaired) electrons. The maximum absolute atomic E-state index is 11.9. The van der Waals surface area contributed by atoms with Crippen molar-refractivity contribution in [2.24, 2.45) is 0 Å². The number of hydrogen-bond donors (Lipinski definition) is 1. The minimum atomic E-state index is -0.885. The van der Waals surface area contributed by atoms with E-state index in [4.69, 9.17) is 21.1 Å². The predicted molar refractivity (Wildman–Crippen MR) is 131 cm³/mol. The second-order valence-corrected chi connectivity index (χ2v) is 8.83. The topological polar surface area (TPSA) is 89.0 Å². The van der Waals surface area contributed by atoms with Gasteiger partial charge in [0.1, 0.15) is 5.01 Å². The quantitative estimate of drug-likeness (QED) is 0.421. The Balaban J connectivity index is 1.99. The smallest absolute Gasteiger partial charge is 0.303 e. The zero-order valence-electron chi connectivity index (χ0n) is 18.6. The Morgan fingerprint density at radius 1 is 1.18 bits per heavy atom. The van der Waals surface area contributed by atoms with Crippen LogP contribution < -0.4 is 9.47 Å². The molecule has 0 aliphatic carbocycles. The molecule has 0 fully saturated rings. The summed E-state index contributed by atoms with van der Waals surface area (Å²) in [7, 11) is 3.29. The first kappa shape index (κ1) is 24.5. The van der Waals surface area contributed by atoms with E-state index in [0.717, 1.165) is 26.4 Å². The van der Waals surface area contributed by atoms with Gasteiger partial charge >= 0.3 is 5.97 Å². The zero-order valence-corrected chi connectivity index (χ0v) is 20.2. The number of aliphatic carboxylic acids is 1. The molecule has 0 aliphatic heterocycles. The molecule has 0 saturated heterocycles. The first-order valence-corrected chi connectivity index (χ1v) is 11.6. The van der Waals surface area contributed by atoms with Crippen LogP contribution in [0.25, 0.3) is 21.9 Å². The highest BCUT2D eigenvalue weighted by Gasteiger charge is 2.16. The van der Waals surface area contributed by atoms with Crippen LogP contribution >= 0.6 is 22.9 Å². The van der Waals surface area contributed by atoms with Crippen LogP contribution in [0, 0.1) is 0 Å². The Morgan fingerprint density at radius 3 is 2.61 bits per heavy atom. The lowest BCUT2D eigenvalue weighted by Crippen LogP contribution is -2.27. The molecule has 9 heteroatoms. The minimum absolute atomic E-state index is 0.0261. The summed E-state index contributed by atoms with van der Waals surface area (Å²) in [6.45, 7) is 2.05. The number of thiazole rings is 1. The predicted octanol–water partition coefficient (Wildman–Crippen LogP) is 5.22. The summed E-state index contributed by atoms with van der Waals surface area (Å²) in [6.07, 6.45) is 2.15. The molecule has 1 heterocycles. The number of carbonyl (C=O) groups is 2. The number of carbonyl (C=O) groups excluding carboxylic acids is 1. The van der Waals surface area contributed by atoms with E-state index < -0.39 is 5.97 Å². The van der Waals surface area contributed by atoms with Crippen molar-refractivity contribution < 1.29 is 24.2 Å². The molecule has 0 atom stereocenters. The largest absolute Gasteiger partial charge is 0.490 e. The molecule has 0 spiro atoms. The number of allylic oxidation sites excluding steroid dienone is 1. The molecule has 3 aromatic rings. The van der Waals surface area contributed by atoms with Crippen molar-refractivity contribution in [1.29, 1.82) is 0 Å². The molecule has 1 amide bonds. The number of fused-ring (bicyclic) bond motifs is 1. The van der Waals surface area contributed by atoms with Gasteiger partial charge in [-0.25, -0.2) is 4.98 Å². The van der Waals surface area contributed by atoms with Gasteiger partial charge in [0.15, 0.2) is 18.1 Å². The van der Waals surface area contributed by atoms with Gasteiger partial charge in [0.25, 0.3) is 5.91 Å². The summed E-state index contributed by atoms with van der Waals surface area (Å²) in [5.41, 5.74) is 2.36. The van der Waals surface area contributed by atoms with Gasteiger partial charge in [-0.1, -0.05) is 23.7 Å². The van der Waals surface area contributed by atoms with E-state index in [9.17, 15) is 14.7 Å². The van der Waals surface area contributed by atoms with E-state index in [0.29, 0.717) is 23.8 Å². The number of ether oxygens (including phenoxy) is 2. The van der Waals surface area contributed by atoms with Crippen molar-refractivity contribution in [2.75, 3.05) is 27.3 Å². The molecule has 33 heavy (non-hydrogen) atoms. The van der Waals surface area contributed by atoms with Gasteiger partial charge in [-0.2, -0.15) is 0 Å². The van der Waals surface area contributed by atoms with Crippen molar-refractivity contribution in [3.63, 3.8) is 0 Å². The molecular weight excluding hydrogens is 464 g/mol. The fraction of sp³-hybridized carbons (Fsp3) is 0.292. The lowest BCUT2D eigenvalue weighted by molar-refractivity contribution is -0.137. The van der Waals surface area contributed by atoms with Crippen LogP contribution in [0.1, 0.15) is 30.3 Å². The molecule has 174 valence electrons. The van der Waals surface area contributed by atoms with Gasteiger partial charge in [0, 0.05) is 20.5 Å². The van der Waals surface area contributed by atoms with Gasteiger partial charge in [-0.05, 0) is 54.8 Å². The highest BCUT2D eigenvalue weighted by atomic mass is 35.5. The highest BCUT2D eigenvalue weighted by molar-refractivity contribution is 7.19. The Bertz CT molecular complexity index is 1160. The van der Waals surface area contributed by atoms with Crippen molar-refractivity contribution in [3.05, 3.63) is 52.0 Å². The average Bonchev–Trinajstić information content (AvgIpc) is 3.20. The van der Waals surface area contributed by atoms with Crippen molar-refractivity contribution >= 4 is 56.7 Å². The zero-order chi connectivity index (χ0) is 24.0. The number of aromatic nitrogens is 1. The number of rotatable bonds is 10. The first-order valence-electron chi connectivity index (χ1n) is 10.4. The summed E-state index contributed by atoms with van der Waals surface area (Å²) < 4.78 is 12.4. The molecule has 2 aromatic carbocycles. The number of nitrogens with zero attached hydrogens (tertiary/aromatic N) is 2. The number of carboxylic acids is 1. The molecule has 0 aliphatic rings. The number of likely N-dealkylation sites (N-methyl/N-ethyl adjacent to an activating group) is 1. The SMILES string of the molecule is CCOc1cc(/C=C(/CCC(=O)O)c2nc3ccccc3s2)cc(Cl)c1OCC(=O)N(C)C. The summed E-state index contributed by atoms with van der Waals surface area (Å²) in [5, 5.41) is 10.3. The second-order valence-electron chi connectivity index (χ2n) is 7.39. The lowest BCUT2D eigenvalue weighted by Gasteiger charge is -2.16. The molecule has 0 bridgehead atoms. The monoisotopic (exact) mass is 488 g/mol. The third-order valence-corrected chi connectivity index (χ3v) is 6.08. The summed E-state index contributed by atoms with van der Waals surface area (Å²) in [4.78, 5) is 29.3. The molecule has 0 saturated carbocycles. The third-order valence-electron chi connectivity index (χ3n) is 4.69. The van der Waals surface area contributed by atoms with E-state index in [1.54, 1.807) is 26.2 Å². The minimum Gasteiger partial charge on any atom is -0.490 e. The van der Waals surface area contributed by atoms with E-state index in [-0.39, 0.29) is 24.7 Å². The van der Waals surface area contributed by atoms with Gasteiger partial charge in [-0.3, -0.25) is 9.59 Å². The van der Waals surface area contributed by atoms with Crippen LogP contribution in [0.2, 0.25) is 5.02 Å². The Kier molecular flexibility index (Phi) is 8.30. The summed E-state index contributed by atoms with van der Waals surface area (Å²) >= 11 is 8.00. The second kappa shape index (κ2) is 11.2. The molecule has 0 unspecified atom stereocenters. The van der Waals surface area contributed by atoms with Crippen LogP contribution in [-0.4, -0.2) is 54.2 Å². The van der Waals surface area contributed by atoms with Crippen LogP contribution in [0.15, 0.2) is 36.4 Å². The van der Waals surface area contributed by atoms with Crippen molar-refractivity contribution in [1.82, 2.24) is 9.88 Å². The van der Waals surface area contributed by atoms with Gasteiger partial charge < -0.3 is 19.5 Å². The van der Waals surface area contributed by atoms with Gasteiger partial charge in [0.2, 0.25) is 0 Å². The van der Waals surface area contributed by atoms with E-state index in [1.807, 2.05) is 37.3 Å². The number of amides is 1. The lowest BCUT2D eigenvalue weighted by atomic mass is 10.1. The molecule has 1 aromatic heterocycles. The third kappa shape index (κ3) is 6.46. The number of hydrogen-bond acceptors (Lipinski definition) is 6. The molecular formula is C24H25ClN2O5S. The van der Waals surface area contributed by atoms with Crippen LogP contribution in [-0.2, 0) is 9.59 Å². The highest BCUT2D eigenvalue weighted by Crippen LogP contribution is 2.39. The standard InChI is InChI=1S/C24H25ClN2O5S/c1-4-31-19-13-15(12-17(25)23(19)32-14-21(28)27(2)3)11-16(9-10-22(29)30)24-26-18-7-5-6-8-20(18)33-24/h5-8,11-13H,4,9-10,14H2,1-3H3,(H,29,30)/b16-11-.